The number of hydrogen-bond acceptors (Lipinski definition) is 2. The van der Waals surface area contributed by atoms with Crippen molar-refractivity contribution >= 4 is 0 Å². The predicted octanol–water partition coefficient (Wildman–Crippen LogP) is 2.94. The second-order valence-electron chi connectivity index (χ2n) is 3.54. The van der Waals surface area contributed by atoms with Gasteiger partial charge in [0.2, 0.25) is 0 Å². The summed E-state index contributed by atoms with van der Waals surface area (Å²) in [5.41, 5.74) is 0.417. The zero-order chi connectivity index (χ0) is 9.07. The topological polar surface area (TPSA) is 40.5 Å². The van der Waals surface area contributed by atoms with E-state index in [2.05, 4.69) is 6.58 Å². The average molecular weight is 156 g/mol. The fourth-order valence-electron chi connectivity index (χ4n) is 0.877. The van der Waals surface area contributed by atoms with Crippen LogP contribution < -0.4 is 0 Å². The Morgan fingerprint density at radius 2 is 1.82 bits per heavy atom. The van der Waals surface area contributed by atoms with Crippen molar-refractivity contribution in [3.8, 4) is 0 Å². The molecule has 0 saturated heterocycles. The molecule has 11 heavy (non-hydrogen) atoms. The van der Waals surface area contributed by atoms with Crippen LogP contribution in [0.15, 0.2) is 24.2 Å². The molecule has 0 radical (unpaired) electrons. The van der Waals surface area contributed by atoms with Gasteiger partial charge in [-0.05, 0) is 11.8 Å². The Labute approximate surface area is 67.9 Å². The van der Waals surface area contributed by atoms with Crippen molar-refractivity contribution in [2.45, 2.75) is 27.2 Å². The molecule has 0 aromatic rings. The highest BCUT2D eigenvalue weighted by Gasteiger charge is 2.19. The van der Waals surface area contributed by atoms with Gasteiger partial charge in [-0.2, -0.15) is 0 Å². The fraction of sp³-hybridized carbons (Fsp3) is 0.556. The monoisotopic (exact) mass is 156 g/mol. The summed E-state index contributed by atoms with van der Waals surface area (Å²) in [6.45, 7) is 9.33. The van der Waals surface area contributed by atoms with E-state index < -0.39 is 5.95 Å². The van der Waals surface area contributed by atoms with Crippen LogP contribution in [-0.2, 0) is 0 Å². The Balaban J connectivity index is 4.63. The van der Waals surface area contributed by atoms with Gasteiger partial charge in [0.05, 0.1) is 0 Å². The lowest BCUT2D eigenvalue weighted by atomic mass is 9.85. The van der Waals surface area contributed by atoms with Crippen LogP contribution in [0.2, 0.25) is 0 Å². The van der Waals surface area contributed by atoms with Crippen LogP contribution in [0.25, 0.3) is 0 Å². The summed E-state index contributed by atoms with van der Waals surface area (Å²) >= 11 is 0. The van der Waals surface area contributed by atoms with Gasteiger partial charge in [-0.3, -0.25) is 0 Å². The Morgan fingerprint density at radius 1 is 1.36 bits per heavy atom. The Morgan fingerprint density at radius 3 is 1.91 bits per heavy atom. The molecule has 2 N–H and O–H groups in total. The molecule has 0 unspecified atom stereocenters. The van der Waals surface area contributed by atoms with Crippen LogP contribution in [0.1, 0.15) is 27.2 Å². The minimum absolute atomic E-state index is 0.201. The lowest BCUT2D eigenvalue weighted by molar-refractivity contribution is 0.173. The second-order valence-corrected chi connectivity index (χ2v) is 3.54. The maximum absolute atomic E-state index is 8.87. The van der Waals surface area contributed by atoms with Gasteiger partial charge >= 0.3 is 0 Å². The van der Waals surface area contributed by atoms with Gasteiger partial charge < -0.3 is 10.2 Å². The van der Waals surface area contributed by atoms with E-state index in [4.69, 9.17) is 10.2 Å². The number of aliphatic hydroxyl groups is 2. The Kier molecular flexibility index (Phi) is 3.18. The minimum atomic E-state index is -0.572. The molecule has 64 valence electrons. The molecule has 0 fully saturated rings. The first kappa shape index (κ1) is 10.1. The standard InChI is InChI=1S/C9H16O2/c1-5-6-7(8(10)11)9(2,3)4/h5,10-11H,1,6H2,2-4H3. The third-order valence-electron chi connectivity index (χ3n) is 1.52. The summed E-state index contributed by atoms with van der Waals surface area (Å²) < 4.78 is 0. The van der Waals surface area contributed by atoms with Crippen molar-refractivity contribution in [1.29, 1.82) is 0 Å². The summed E-state index contributed by atoms with van der Waals surface area (Å²) in [5, 5.41) is 17.7. The molecule has 0 rings (SSSR count). The molecule has 0 aliphatic rings. The largest absolute Gasteiger partial charge is 0.481 e. The normalized spacial score (nSPS) is 10.8. The lowest BCUT2D eigenvalue weighted by Crippen LogP contribution is -2.11. The molecule has 0 aromatic carbocycles. The van der Waals surface area contributed by atoms with E-state index in [9.17, 15) is 0 Å². The zero-order valence-electron chi connectivity index (χ0n) is 7.39. The van der Waals surface area contributed by atoms with Gasteiger partial charge in [0, 0.05) is 5.57 Å². The molecule has 0 aromatic heterocycles. The van der Waals surface area contributed by atoms with E-state index >= 15 is 0 Å². The van der Waals surface area contributed by atoms with E-state index in [-0.39, 0.29) is 5.41 Å². The SMILES string of the molecule is C=CCC(=C(O)O)C(C)(C)C. The molecule has 0 heterocycles. The molecule has 0 atom stereocenters. The van der Waals surface area contributed by atoms with Crippen LogP contribution >= 0.6 is 0 Å². The van der Waals surface area contributed by atoms with Crippen molar-refractivity contribution in [2.75, 3.05) is 0 Å². The van der Waals surface area contributed by atoms with Crippen molar-refractivity contribution < 1.29 is 10.2 Å². The average Bonchev–Trinajstić information content (AvgIpc) is 1.79. The van der Waals surface area contributed by atoms with Gasteiger partial charge in [-0.15, -0.1) is 6.58 Å². The third-order valence-corrected chi connectivity index (χ3v) is 1.52. The molecular formula is C9H16O2. The number of aliphatic hydroxyl groups excluding tert-OH is 1. The molecule has 0 aliphatic heterocycles. The van der Waals surface area contributed by atoms with Crippen LogP contribution in [0.4, 0.5) is 0 Å². The summed E-state index contributed by atoms with van der Waals surface area (Å²) in [5.74, 6) is -0.572. The van der Waals surface area contributed by atoms with Gasteiger partial charge in [-0.25, -0.2) is 0 Å². The maximum Gasteiger partial charge on any atom is 0.274 e. The second kappa shape index (κ2) is 3.46. The number of rotatable bonds is 2. The van der Waals surface area contributed by atoms with Crippen LogP contribution in [0.3, 0.4) is 0 Å². The van der Waals surface area contributed by atoms with Crippen LogP contribution in [0.5, 0.6) is 0 Å². The smallest absolute Gasteiger partial charge is 0.274 e. The quantitative estimate of drug-likeness (QED) is 0.476. The number of allylic oxidation sites excluding steroid dienone is 2. The molecule has 2 nitrogen and oxygen atoms in total. The first-order valence-corrected chi connectivity index (χ1v) is 3.62. The van der Waals surface area contributed by atoms with Crippen LogP contribution in [0, 0.1) is 5.41 Å². The van der Waals surface area contributed by atoms with Gasteiger partial charge in [0.15, 0.2) is 0 Å². The van der Waals surface area contributed by atoms with E-state index in [0.29, 0.717) is 12.0 Å². The lowest BCUT2D eigenvalue weighted by Gasteiger charge is -2.20. The molecule has 2 heteroatoms. The summed E-state index contributed by atoms with van der Waals surface area (Å²) in [6.07, 6.45) is 2.18. The number of hydrogen-bond donors (Lipinski definition) is 2. The molecule has 0 aliphatic carbocycles. The summed E-state index contributed by atoms with van der Waals surface area (Å²) in [6, 6.07) is 0. The highest BCUT2D eigenvalue weighted by molar-refractivity contribution is 5.13. The first-order valence-electron chi connectivity index (χ1n) is 3.62. The zero-order valence-corrected chi connectivity index (χ0v) is 7.39. The predicted molar refractivity (Wildman–Crippen MR) is 46.6 cm³/mol. The summed E-state index contributed by atoms with van der Waals surface area (Å²) in [4.78, 5) is 0. The fourth-order valence-corrected chi connectivity index (χ4v) is 0.877. The molecule has 0 saturated carbocycles. The van der Waals surface area contributed by atoms with E-state index in [1.54, 1.807) is 6.08 Å². The maximum atomic E-state index is 8.87. The highest BCUT2D eigenvalue weighted by atomic mass is 16.5. The molecule has 0 bridgehead atoms. The van der Waals surface area contributed by atoms with Crippen LogP contribution in [-0.4, -0.2) is 10.2 Å². The third kappa shape index (κ3) is 3.12. The van der Waals surface area contributed by atoms with Gasteiger partial charge in [-0.1, -0.05) is 26.8 Å². The van der Waals surface area contributed by atoms with Crippen molar-refractivity contribution in [3.05, 3.63) is 24.2 Å². The van der Waals surface area contributed by atoms with E-state index in [1.165, 1.54) is 0 Å². The van der Waals surface area contributed by atoms with Gasteiger partial charge in [0.1, 0.15) is 0 Å². The van der Waals surface area contributed by atoms with Gasteiger partial charge in [0.25, 0.3) is 5.95 Å². The van der Waals surface area contributed by atoms with E-state index in [0.717, 1.165) is 0 Å². The molecular weight excluding hydrogens is 140 g/mol. The summed E-state index contributed by atoms with van der Waals surface area (Å²) in [7, 11) is 0. The van der Waals surface area contributed by atoms with Crippen molar-refractivity contribution in [3.63, 3.8) is 0 Å². The highest BCUT2D eigenvalue weighted by Crippen LogP contribution is 2.29. The Hall–Kier alpha value is -0.920. The minimum Gasteiger partial charge on any atom is -0.481 e. The molecule has 0 amide bonds. The first-order chi connectivity index (χ1) is 4.89. The van der Waals surface area contributed by atoms with Crippen molar-refractivity contribution in [1.82, 2.24) is 0 Å². The molecule has 0 spiro atoms. The van der Waals surface area contributed by atoms with Crippen molar-refractivity contribution in [2.24, 2.45) is 5.41 Å². The Bertz CT molecular complexity index is 168. The van der Waals surface area contributed by atoms with E-state index in [1.807, 2.05) is 20.8 Å².